The molecule has 5 heteroatoms. The fourth-order valence-corrected chi connectivity index (χ4v) is 4.58. The first-order valence-electron chi connectivity index (χ1n) is 10.3. The van der Waals surface area contributed by atoms with Crippen molar-refractivity contribution in [3.8, 4) is 5.75 Å². The smallest absolute Gasteiger partial charge is 0.336 e. The van der Waals surface area contributed by atoms with E-state index in [-0.39, 0.29) is 23.1 Å². The lowest BCUT2D eigenvalue weighted by atomic mass is 9.59. The van der Waals surface area contributed by atoms with Crippen molar-refractivity contribution in [1.29, 1.82) is 0 Å². The van der Waals surface area contributed by atoms with E-state index in [1.165, 1.54) is 11.6 Å². The van der Waals surface area contributed by atoms with Crippen LogP contribution >= 0.6 is 0 Å². The van der Waals surface area contributed by atoms with E-state index in [9.17, 15) is 15.0 Å². The van der Waals surface area contributed by atoms with Gasteiger partial charge in [0.15, 0.2) is 0 Å². The van der Waals surface area contributed by atoms with Crippen LogP contribution < -0.4 is 10.4 Å². The molecule has 0 saturated heterocycles. The van der Waals surface area contributed by atoms with Gasteiger partial charge in [0.05, 0.1) is 11.7 Å². The van der Waals surface area contributed by atoms with Crippen LogP contribution in [0.1, 0.15) is 53.4 Å². The number of allylic oxidation sites excluding steroid dienone is 1. The van der Waals surface area contributed by atoms with Crippen LogP contribution in [-0.4, -0.2) is 28.5 Å². The first kappa shape index (κ1) is 21.6. The second kappa shape index (κ2) is 8.33. The molecule has 1 aromatic heterocycles. The van der Waals surface area contributed by atoms with E-state index in [0.717, 1.165) is 18.2 Å². The highest BCUT2D eigenvalue weighted by atomic mass is 16.5. The number of hydrogen-bond donors (Lipinski definition) is 2. The summed E-state index contributed by atoms with van der Waals surface area (Å²) in [5.41, 5.74) is 0.249. The Bertz CT molecular complexity index is 938. The minimum absolute atomic E-state index is 0.0337. The average Bonchev–Trinajstić information content (AvgIpc) is 2.64. The third-order valence-corrected chi connectivity index (χ3v) is 6.54. The van der Waals surface area contributed by atoms with Gasteiger partial charge in [0.25, 0.3) is 0 Å². The number of rotatable bonds is 6. The van der Waals surface area contributed by atoms with Crippen molar-refractivity contribution in [1.82, 2.24) is 0 Å². The third-order valence-electron chi connectivity index (χ3n) is 6.54. The minimum Gasteiger partial charge on any atom is -0.489 e. The van der Waals surface area contributed by atoms with Crippen LogP contribution in [0.2, 0.25) is 0 Å². The van der Waals surface area contributed by atoms with Gasteiger partial charge in [-0.25, -0.2) is 4.79 Å². The summed E-state index contributed by atoms with van der Waals surface area (Å²) >= 11 is 0. The molecule has 158 valence electrons. The van der Waals surface area contributed by atoms with E-state index in [4.69, 9.17) is 9.15 Å². The van der Waals surface area contributed by atoms with Crippen molar-refractivity contribution in [3.05, 3.63) is 52.4 Å². The molecule has 3 unspecified atom stereocenters. The summed E-state index contributed by atoms with van der Waals surface area (Å²) in [5, 5.41) is 22.1. The molecule has 29 heavy (non-hydrogen) atoms. The van der Waals surface area contributed by atoms with Gasteiger partial charge in [0, 0.05) is 17.5 Å². The molecule has 0 aliphatic heterocycles. The van der Waals surface area contributed by atoms with Crippen LogP contribution in [0.4, 0.5) is 0 Å². The van der Waals surface area contributed by atoms with Crippen LogP contribution in [0.5, 0.6) is 5.75 Å². The summed E-state index contributed by atoms with van der Waals surface area (Å²) in [4.78, 5) is 11.4. The zero-order chi connectivity index (χ0) is 21.2. The van der Waals surface area contributed by atoms with Gasteiger partial charge in [-0.1, -0.05) is 19.4 Å². The molecule has 3 atom stereocenters. The molecule has 0 bridgehead atoms. The second-order valence-corrected chi connectivity index (χ2v) is 9.14. The van der Waals surface area contributed by atoms with Crippen molar-refractivity contribution >= 4 is 11.0 Å². The van der Waals surface area contributed by atoms with E-state index < -0.39 is 5.60 Å². The van der Waals surface area contributed by atoms with Gasteiger partial charge in [0.1, 0.15) is 17.9 Å². The van der Waals surface area contributed by atoms with Gasteiger partial charge < -0.3 is 19.4 Å². The quantitative estimate of drug-likeness (QED) is 0.553. The zero-order valence-electron chi connectivity index (χ0n) is 17.8. The molecule has 0 spiro atoms. The lowest BCUT2D eigenvalue weighted by Crippen LogP contribution is -2.53. The third kappa shape index (κ3) is 4.90. The summed E-state index contributed by atoms with van der Waals surface area (Å²) in [7, 11) is 0. The Morgan fingerprint density at radius 2 is 2.00 bits per heavy atom. The first-order chi connectivity index (χ1) is 13.6. The van der Waals surface area contributed by atoms with E-state index in [1.54, 1.807) is 12.1 Å². The SMILES string of the molecule is C/C(=C\COc1ccc2ccc(=O)oc2c1)CCC1C(C)(O)CCC(O)C1(C)C. The number of fused-ring (bicyclic) bond motifs is 1. The molecule has 2 aromatic rings. The molecule has 5 nitrogen and oxygen atoms in total. The molecule has 3 rings (SSSR count). The topological polar surface area (TPSA) is 79.9 Å². The summed E-state index contributed by atoms with van der Waals surface area (Å²) in [6.45, 7) is 8.48. The highest BCUT2D eigenvalue weighted by Crippen LogP contribution is 2.48. The highest BCUT2D eigenvalue weighted by Gasteiger charge is 2.49. The van der Waals surface area contributed by atoms with Gasteiger partial charge in [-0.15, -0.1) is 0 Å². The number of aliphatic hydroxyl groups excluding tert-OH is 1. The molecule has 1 heterocycles. The molecule has 1 saturated carbocycles. The summed E-state index contributed by atoms with van der Waals surface area (Å²) in [5.74, 6) is 0.682. The molecule has 1 aromatic carbocycles. The van der Waals surface area contributed by atoms with Gasteiger partial charge in [0.2, 0.25) is 0 Å². The number of aliphatic hydroxyl groups is 2. The molecule has 1 aliphatic rings. The highest BCUT2D eigenvalue weighted by molar-refractivity contribution is 5.77. The predicted octanol–water partition coefficient (Wildman–Crippen LogP) is 4.45. The number of ether oxygens (including phenoxy) is 1. The summed E-state index contributed by atoms with van der Waals surface area (Å²) in [6.07, 6.45) is 4.59. The average molecular weight is 401 g/mol. The monoisotopic (exact) mass is 400 g/mol. The summed E-state index contributed by atoms with van der Waals surface area (Å²) in [6, 6.07) is 8.58. The molecule has 2 N–H and O–H groups in total. The molecule has 0 amide bonds. The molecular formula is C24H32O5. The minimum atomic E-state index is -0.755. The van der Waals surface area contributed by atoms with Gasteiger partial charge in [-0.2, -0.15) is 0 Å². The van der Waals surface area contributed by atoms with Crippen molar-refractivity contribution in [2.45, 2.75) is 65.1 Å². The maximum Gasteiger partial charge on any atom is 0.336 e. The normalized spacial score (nSPS) is 27.2. The Morgan fingerprint density at radius 1 is 1.28 bits per heavy atom. The number of benzene rings is 1. The first-order valence-corrected chi connectivity index (χ1v) is 10.3. The van der Waals surface area contributed by atoms with Gasteiger partial charge in [-0.05, 0) is 75.1 Å². The Balaban J connectivity index is 1.58. The Kier molecular flexibility index (Phi) is 6.20. The molecule has 1 aliphatic carbocycles. The predicted molar refractivity (Wildman–Crippen MR) is 114 cm³/mol. The van der Waals surface area contributed by atoms with Crippen molar-refractivity contribution in [3.63, 3.8) is 0 Å². The van der Waals surface area contributed by atoms with Gasteiger partial charge >= 0.3 is 5.63 Å². The largest absolute Gasteiger partial charge is 0.489 e. The van der Waals surface area contributed by atoms with Crippen LogP contribution in [0.3, 0.4) is 0 Å². The second-order valence-electron chi connectivity index (χ2n) is 9.14. The number of hydrogen-bond acceptors (Lipinski definition) is 5. The van der Waals surface area contributed by atoms with Crippen LogP contribution in [0.25, 0.3) is 11.0 Å². The maximum absolute atomic E-state index is 11.4. The zero-order valence-corrected chi connectivity index (χ0v) is 17.8. The van der Waals surface area contributed by atoms with E-state index in [0.29, 0.717) is 30.8 Å². The van der Waals surface area contributed by atoms with Crippen LogP contribution in [0.15, 0.2) is 51.2 Å². The van der Waals surface area contributed by atoms with Crippen molar-refractivity contribution in [2.24, 2.45) is 11.3 Å². The summed E-state index contributed by atoms with van der Waals surface area (Å²) < 4.78 is 11.0. The fraction of sp³-hybridized carbons (Fsp3) is 0.542. The lowest BCUT2D eigenvalue weighted by Gasteiger charge is -2.51. The molecule has 1 fully saturated rings. The fourth-order valence-electron chi connectivity index (χ4n) is 4.58. The standard InChI is InChI=1S/C24H32O5/c1-16(5-9-20-23(2,3)21(25)11-13-24(20,4)27)12-14-28-18-8-6-17-7-10-22(26)29-19(17)15-18/h6-8,10,12,15,20-21,25,27H,5,9,11,13-14H2,1-4H3/b16-12+. The lowest BCUT2D eigenvalue weighted by molar-refractivity contribution is -0.145. The Morgan fingerprint density at radius 3 is 2.76 bits per heavy atom. The van der Waals surface area contributed by atoms with Crippen molar-refractivity contribution in [2.75, 3.05) is 6.61 Å². The molecular weight excluding hydrogens is 368 g/mol. The van der Waals surface area contributed by atoms with E-state index in [1.807, 2.05) is 25.1 Å². The van der Waals surface area contributed by atoms with E-state index in [2.05, 4.69) is 20.8 Å². The van der Waals surface area contributed by atoms with Gasteiger partial charge in [-0.3, -0.25) is 0 Å². The Labute approximate surface area is 172 Å². The Hall–Kier alpha value is -2.11. The molecule has 0 radical (unpaired) electrons. The van der Waals surface area contributed by atoms with E-state index >= 15 is 0 Å². The van der Waals surface area contributed by atoms with Crippen LogP contribution in [0, 0.1) is 11.3 Å². The van der Waals surface area contributed by atoms with Crippen molar-refractivity contribution < 1.29 is 19.4 Å². The maximum atomic E-state index is 11.4. The van der Waals surface area contributed by atoms with Crippen LogP contribution in [-0.2, 0) is 0 Å².